The van der Waals surface area contributed by atoms with Gasteiger partial charge in [-0.2, -0.15) is 0 Å². The SMILES string of the molecule is COc1ccc(CNC(=O)C(C)OC(=O)c2ccccc2Oc2cccnc2)cc1OC. The highest BCUT2D eigenvalue weighted by Gasteiger charge is 2.21. The molecule has 3 rings (SSSR count). The number of para-hydroxylation sites is 1. The van der Waals surface area contributed by atoms with E-state index < -0.39 is 18.0 Å². The van der Waals surface area contributed by atoms with Crippen LogP contribution in [0.2, 0.25) is 0 Å². The molecule has 1 atom stereocenters. The van der Waals surface area contributed by atoms with Gasteiger partial charge < -0.3 is 24.3 Å². The van der Waals surface area contributed by atoms with E-state index in [9.17, 15) is 9.59 Å². The first-order chi connectivity index (χ1) is 15.5. The molecule has 3 aromatic rings. The summed E-state index contributed by atoms with van der Waals surface area (Å²) >= 11 is 0. The van der Waals surface area contributed by atoms with Gasteiger partial charge in [0.15, 0.2) is 17.6 Å². The number of methoxy groups -OCH3 is 2. The van der Waals surface area contributed by atoms with E-state index >= 15 is 0 Å². The van der Waals surface area contributed by atoms with E-state index in [2.05, 4.69) is 10.3 Å². The Bertz CT molecular complexity index is 1070. The van der Waals surface area contributed by atoms with Crippen LogP contribution in [-0.2, 0) is 16.1 Å². The second-order valence-electron chi connectivity index (χ2n) is 6.74. The molecule has 1 aromatic heterocycles. The average molecular weight is 436 g/mol. The van der Waals surface area contributed by atoms with Crippen molar-refractivity contribution in [2.24, 2.45) is 0 Å². The molecule has 0 aliphatic heterocycles. The number of esters is 1. The lowest BCUT2D eigenvalue weighted by molar-refractivity contribution is -0.129. The number of carbonyl (C=O) groups is 2. The lowest BCUT2D eigenvalue weighted by Crippen LogP contribution is -2.35. The predicted octanol–water partition coefficient (Wildman–Crippen LogP) is 3.75. The second kappa shape index (κ2) is 10.8. The standard InChI is InChI=1S/C24H24N2O6/c1-16(23(27)26-14-17-10-11-21(29-2)22(13-17)30-3)31-24(28)19-8-4-5-9-20(19)32-18-7-6-12-25-15-18/h4-13,15-16H,14H2,1-3H3,(H,26,27). The fourth-order valence-electron chi connectivity index (χ4n) is 2.86. The monoisotopic (exact) mass is 436 g/mol. The number of rotatable bonds is 9. The number of nitrogens with zero attached hydrogens (tertiary/aromatic N) is 1. The second-order valence-corrected chi connectivity index (χ2v) is 6.74. The van der Waals surface area contributed by atoms with Gasteiger partial charge in [0, 0.05) is 12.7 Å². The summed E-state index contributed by atoms with van der Waals surface area (Å²) in [6.07, 6.45) is 2.15. The van der Waals surface area contributed by atoms with Crippen LogP contribution >= 0.6 is 0 Å². The minimum absolute atomic E-state index is 0.205. The molecular formula is C24H24N2O6. The Morgan fingerprint density at radius 3 is 2.47 bits per heavy atom. The summed E-state index contributed by atoms with van der Waals surface area (Å²) in [6, 6.07) is 15.4. The molecule has 166 valence electrons. The van der Waals surface area contributed by atoms with Crippen molar-refractivity contribution in [3.8, 4) is 23.0 Å². The normalized spacial score (nSPS) is 11.2. The molecule has 0 aliphatic rings. The first-order valence-electron chi connectivity index (χ1n) is 9.88. The van der Waals surface area contributed by atoms with Crippen LogP contribution in [0.4, 0.5) is 0 Å². The van der Waals surface area contributed by atoms with Gasteiger partial charge in [-0.15, -0.1) is 0 Å². The number of nitrogens with one attached hydrogen (secondary N) is 1. The molecule has 0 aliphatic carbocycles. The third-order valence-corrected chi connectivity index (χ3v) is 4.54. The van der Waals surface area contributed by atoms with Gasteiger partial charge in [-0.05, 0) is 48.9 Å². The van der Waals surface area contributed by atoms with Crippen molar-refractivity contribution in [1.29, 1.82) is 0 Å². The number of pyridine rings is 1. The minimum Gasteiger partial charge on any atom is -0.493 e. The Kier molecular flexibility index (Phi) is 7.64. The fraction of sp³-hybridized carbons (Fsp3) is 0.208. The van der Waals surface area contributed by atoms with Gasteiger partial charge >= 0.3 is 5.97 Å². The predicted molar refractivity (Wildman–Crippen MR) is 117 cm³/mol. The zero-order valence-electron chi connectivity index (χ0n) is 18.0. The molecule has 8 heteroatoms. The third kappa shape index (κ3) is 5.75. The van der Waals surface area contributed by atoms with Crippen molar-refractivity contribution in [2.45, 2.75) is 19.6 Å². The van der Waals surface area contributed by atoms with Gasteiger partial charge in [0.05, 0.1) is 20.4 Å². The van der Waals surface area contributed by atoms with Crippen molar-refractivity contribution in [2.75, 3.05) is 14.2 Å². The first kappa shape index (κ1) is 22.6. The van der Waals surface area contributed by atoms with Crippen molar-refractivity contribution >= 4 is 11.9 Å². The van der Waals surface area contributed by atoms with E-state index in [0.29, 0.717) is 23.0 Å². The molecule has 1 heterocycles. The van der Waals surface area contributed by atoms with Gasteiger partial charge in [-0.1, -0.05) is 18.2 Å². The summed E-state index contributed by atoms with van der Waals surface area (Å²) in [5, 5.41) is 2.75. The molecule has 0 bridgehead atoms. The highest BCUT2D eigenvalue weighted by atomic mass is 16.6. The number of amides is 1. The van der Waals surface area contributed by atoms with E-state index in [1.54, 1.807) is 61.8 Å². The van der Waals surface area contributed by atoms with E-state index in [1.165, 1.54) is 20.2 Å². The summed E-state index contributed by atoms with van der Waals surface area (Å²) in [6.45, 7) is 1.74. The van der Waals surface area contributed by atoms with E-state index in [-0.39, 0.29) is 12.1 Å². The Morgan fingerprint density at radius 1 is 0.969 bits per heavy atom. The Hall–Kier alpha value is -4.07. The molecule has 2 aromatic carbocycles. The molecule has 1 N–H and O–H groups in total. The van der Waals surface area contributed by atoms with Crippen LogP contribution in [-0.4, -0.2) is 37.2 Å². The maximum atomic E-state index is 12.7. The van der Waals surface area contributed by atoms with Crippen molar-refractivity contribution < 1.29 is 28.5 Å². The first-order valence-corrected chi connectivity index (χ1v) is 9.88. The summed E-state index contributed by atoms with van der Waals surface area (Å²) in [4.78, 5) is 29.1. The minimum atomic E-state index is -1.01. The summed E-state index contributed by atoms with van der Waals surface area (Å²) < 4.78 is 21.6. The topological polar surface area (TPSA) is 96.0 Å². The third-order valence-electron chi connectivity index (χ3n) is 4.54. The molecule has 8 nitrogen and oxygen atoms in total. The molecule has 1 amide bonds. The summed E-state index contributed by atoms with van der Waals surface area (Å²) in [7, 11) is 3.09. The number of hydrogen-bond donors (Lipinski definition) is 1. The van der Waals surface area contributed by atoms with Gasteiger partial charge in [0.2, 0.25) is 0 Å². The number of benzene rings is 2. The summed E-state index contributed by atoms with van der Waals surface area (Å²) in [5.41, 5.74) is 1.01. The summed E-state index contributed by atoms with van der Waals surface area (Å²) in [5.74, 6) is 0.843. The molecule has 0 spiro atoms. The van der Waals surface area contributed by atoms with Gasteiger partial charge in [0.1, 0.15) is 17.1 Å². The van der Waals surface area contributed by atoms with Crippen LogP contribution in [0.15, 0.2) is 67.0 Å². The maximum absolute atomic E-state index is 12.7. The smallest absolute Gasteiger partial charge is 0.342 e. The van der Waals surface area contributed by atoms with Crippen LogP contribution in [0.5, 0.6) is 23.0 Å². The van der Waals surface area contributed by atoms with Crippen molar-refractivity contribution in [1.82, 2.24) is 10.3 Å². The highest BCUT2D eigenvalue weighted by molar-refractivity contribution is 5.94. The van der Waals surface area contributed by atoms with Crippen LogP contribution in [0.3, 0.4) is 0 Å². The van der Waals surface area contributed by atoms with E-state index in [1.807, 2.05) is 6.07 Å². The quantitative estimate of drug-likeness (QED) is 0.510. The molecule has 32 heavy (non-hydrogen) atoms. The molecule has 0 radical (unpaired) electrons. The van der Waals surface area contributed by atoms with E-state index in [0.717, 1.165) is 5.56 Å². The average Bonchev–Trinajstić information content (AvgIpc) is 2.83. The van der Waals surface area contributed by atoms with Gasteiger partial charge in [0.25, 0.3) is 5.91 Å². The molecule has 0 fully saturated rings. The van der Waals surface area contributed by atoms with E-state index in [4.69, 9.17) is 18.9 Å². The van der Waals surface area contributed by atoms with Gasteiger partial charge in [-0.3, -0.25) is 9.78 Å². The van der Waals surface area contributed by atoms with Crippen LogP contribution < -0.4 is 19.5 Å². The molecule has 0 saturated heterocycles. The number of aromatic nitrogens is 1. The number of hydrogen-bond acceptors (Lipinski definition) is 7. The fourth-order valence-corrected chi connectivity index (χ4v) is 2.86. The van der Waals surface area contributed by atoms with Crippen molar-refractivity contribution in [3.63, 3.8) is 0 Å². The zero-order valence-corrected chi connectivity index (χ0v) is 18.0. The zero-order chi connectivity index (χ0) is 22.9. The molecule has 0 saturated carbocycles. The Morgan fingerprint density at radius 2 is 1.75 bits per heavy atom. The molecular weight excluding hydrogens is 412 g/mol. The largest absolute Gasteiger partial charge is 0.493 e. The maximum Gasteiger partial charge on any atom is 0.342 e. The van der Waals surface area contributed by atoms with Crippen molar-refractivity contribution in [3.05, 3.63) is 78.1 Å². The lowest BCUT2D eigenvalue weighted by atomic mass is 10.2. The Labute approximate surface area is 186 Å². The van der Waals surface area contributed by atoms with Crippen LogP contribution in [0, 0.1) is 0 Å². The Balaban J connectivity index is 1.60. The lowest BCUT2D eigenvalue weighted by Gasteiger charge is -2.16. The van der Waals surface area contributed by atoms with Crippen LogP contribution in [0.25, 0.3) is 0 Å². The highest BCUT2D eigenvalue weighted by Crippen LogP contribution is 2.28. The molecule has 1 unspecified atom stereocenters. The van der Waals surface area contributed by atoms with Crippen LogP contribution in [0.1, 0.15) is 22.8 Å². The number of carbonyl (C=O) groups excluding carboxylic acids is 2. The number of ether oxygens (including phenoxy) is 4. The van der Waals surface area contributed by atoms with Gasteiger partial charge in [-0.25, -0.2) is 4.79 Å².